The number of methoxy groups -OCH3 is 4. The average Bonchev–Trinajstić information content (AvgIpc) is 3.08. The van der Waals surface area contributed by atoms with Gasteiger partial charge in [-0.05, 0) is 24.1 Å². The highest BCUT2D eigenvalue weighted by atomic mass is 32.1. The molecule has 0 N–H and O–H groups in total. The van der Waals surface area contributed by atoms with Gasteiger partial charge in [0.15, 0.2) is 16.3 Å². The van der Waals surface area contributed by atoms with E-state index in [9.17, 15) is 9.59 Å². The summed E-state index contributed by atoms with van der Waals surface area (Å²) in [4.78, 5) is 29.4. The minimum Gasteiger partial charge on any atom is -0.496 e. The van der Waals surface area contributed by atoms with Crippen molar-refractivity contribution in [3.05, 3.63) is 46.3 Å². The van der Waals surface area contributed by atoms with E-state index >= 15 is 0 Å². The molecule has 0 saturated heterocycles. The largest absolute Gasteiger partial charge is 0.496 e. The molecule has 0 fully saturated rings. The monoisotopic (exact) mass is 444 g/mol. The van der Waals surface area contributed by atoms with Crippen LogP contribution in [0.1, 0.15) is 11.1 Å². The molecule has 1 amide bonds. The number of aryl methyl sites for hydroxylation is 1. The van der Waals surface area contributed by atoms with Gasteiger partial charge in [-0.1, -0.05) is 23.5 Å². The van der Waals surface area contributed by atoms with Crippen LogP contribution in [0.25, 0.3) is 10.2 Å². The molecule has 0 aliphatic carbocycles. The number of fused-ring (bicyclic) bond motifs is 1. The lowest BCUT2D eigenvalue weighted by Crippen LogP contribution is -2.22. The number of aromatic nitrogens is 1. The van der Waals surface area contributed by atoms with E-state index in [1.54, 1.807) is 30.9 Å². The summed E-state index contributed by atoms with van der Waals surface area (Å²) in [6, 6.07) is 9.11. The van der Waals surface area contributed by atoms with E-state index in [4.69, 9.17) is 18.9 Å². The number of rotatable bonds is 7. The summed E-state index contributed by atoms with van der Waals surface area (Å²) >= 11 is 1.29. The molecule has 0 atom stereocenters. The van der Waals surface area contributed by atoms with Crippen LogP contribution in [0.4, 0.5) is 0 Å². The smallest absolute Gasteiger partial charge is 0.325 e. The van der Waals surface area contributed by atoms with Gasteiger partial charge in [-0.2, -0.15) is 4.99 Å². The SMILES string of the molecule is COC(=O)Cn1c(=NC(=O)Cc2ccc(OC)c(C)c2)sc2cc(OC)c(OC)cc21. The lowest BCUT2D eigenvalue weighted by molar-refractivity contribution is -0.141. The third-order valence-electron chi connectivity index (χ3n) is 4.74. The number of carbonyl (C=O) groups excluding carboxylic acids is 2. The van der Waals surface area contributed by atoms with E-state index in [1.165, 1.54) is 25.6 Å². The Morgan fingerprint density at radius 2 is 1.65 bits per heavy atom. The summed E-state index contributed by atoms with van der Waals surface area (Å²) in [6.07, 6.45) is 0.129. The number of ether oxygens (including phenoxy) is 4. The molecule has 31 heavy (non-hydrogen) atoms. The van der Waals surface area contributed by atoms with Gasteiger partial charge in [-0.3, -0.25) is 9.59 Å². The number of thiazole rings is 1. The zero-order chi connectivity index (χ0) is 22.5. The van der Waals surface area contributed by atoms with E-state index in [0.29, 0.717) is 21.8 Å². The Balaban J connectivity index is 2.05. The third kappa shape index (κ3) is 4.88. The predicted octanol–water partition coefficient (Wildman–Crippen LogP) is 2.88. The standard InChI is InChI=1S/C22H24N2O6S/c1-13-8-14(6-7-16(13)27-2)9-20(25)23-22-24(12-21(26)30-5)15-10-17(28-3)18(29-4)11-19(15)31-22/h6-8,10-11H,9,12H2,1-5H3. The first-order valence-corrected chi connectivity index (χ1v) is 10.2. The average molecular weight is 445 g/mol. The molecule has 9 heteroatoms. The Bertz CT molecular complexity index is 1190. The Morgan fingerprint density at radius 3 is 2.26 bits per heavy atom. The fourth-order valence-corrected chi connectivity index (χ4v) is 4.26. The minimum absolute atomic E-state index is 0.0836. The van der Waals surface area contributed by atoms with E-state index in [0.717, 1.165) is 21.6 Å². The molecule has 164 valence electrons. The Kier molecular flexibility index (Phi) is 6.96. The van der Waals surface area contributed by atoms with Gasteiger partial charge in [0.1, 0.15) is 12.3 Å². The van der Waals surface area contributed by atoms with Crippen LogP contribution in [-0.4, -0.2) is 44.9 Å². The van der Waals surface area contributed by atoms with Crippen molar-refractivity contribution in [3.8, 4) is 17.2 Å². The van der Waals surface area contributed by atoms with Crippen LogP contribution < -0.4 is 19.0 Å². The van der Waals surface area contributed by atoms with Crippen molar-refractivity contribution >= 4 is 33.4 Å². The lowest BCUT2D eigenvalue weighted by Gasteiger charge is -2.09. The van der Waals surface area contributed by atoms with Crippen molar-refractivity contribution in [2.45, 2.75) is 19.9 Å². The zero-order valence-corrected chi connectivity index (χ0v) is 18.9. The summed E-state index contributed by atoms with van der Waals surface area (Å²) in [6.45, 7) is 1.83. The Hall–Kier alpha value is -3.33. The quantitative estimate of drug-likeness (QED) is 0.521. The predicted molar refractivity (Wildman–Crippen MR) is 117 cm³/mol. The van der Waals surface area contributed by atoms with Gasteiger partial charge in [-0.15, -0.1) is 0 Å². The van der Waals surface area contributed by atoms with Crippen LogP contribution >= 0.6 is 11.3 Å². The van der Waals surface area contributed by atoms with Gasteiger partial charge in [0.25, 0.3) is 5.91 Å². The molecule has 2 aromatic carbocycles. The van der Waals surface area contributed by atoms with Crippen molar-refractivity contribution in [2.24, 2.45) is 4.99 Å². The zero-order valence-electron chi connectivity index (χ0n) is 18.1. The number of hydrogen-bond donors (Lipinski definition) is 0. The van der Waals surface area contributed by atoms with Crippen molar-refractivity contribution in [2.75, 3.05) is 28.4 Å². The molecule has 0 unspecified atom stereocenters. The first-order chi connectivity index (χ1) is 14.9. The van der Waals surface area contributed by atoms with Gasteiger partial charge >= 0.3 is 5.97 Å². The van der Waals surface area contributed by atoms with E-state index in [1.807, 2.05) is 25.1 Å². The molecule has 0 spiro atoms. The number of amides is 1. The molecule has 8 nitrogen and oxygen atoms in total. The van der Waals surface area contributed by atoms with Crippen molar-refractivity contribution in [3.63, 3.8) is 0 Å². The molecule has 1 heterocycles. The third-order valence-corrected chi connectivity index (χ3v) is 5.78. The van der Waals surface area contributed by atoms with Crippen LogP contribution in [0.15, 0.2) is 35.3 Å². The number of hydrogen-bond acceptors (Lipinski definition) is 7. The molecule has 0 saturated carbocycles. The highest BCUT2D eigenvalue weighted by molar-refractivity contribution is 7.16. The van der Waals surface area contributed by atoms with Gasteiger partial charge in [-0.25, -0.2) is 0 Å². The second-order valence-corrected chi connectivity index (χ2v) is 7.72. The number of esters is 1. The first kappa shape index (κ1) is 22.4. The fraction of sp³-hybridized carbons (Fsp3) is 0.318. The van der Waals surface area contributed by atoms with Crippen molar-refractivity contribution in [1.82, 2.24) is 4.57 Å². The fourth-order valence-electron chi connectivity index (χ4n) is 3.20. The van der Waals surface area contributed by atoms with Gasteiger partial charge in [0.05, 0.1) is 45.1 Å². The van der Waals surface area contributed by atoms with Crippen molar-refractivity contribution in [1.29, 1.82) is 0 Å². The molecule has 3 aromatic rings. The maximum atomic E-state index is 12.7. The normalized spacial score (nSPS) is 11.5. The summed E-state index contributed by atoms with van der Waals surface area (Å²) < 4.78 is 23.3. The Morgan fingerprint density at radius 1 is 0.968 bits per heavy atom. The maximum absolute atomic E-state index is 12.7. The van der Waals surface area contributed by atoms with Gasteiger partial charge in [0.2, 0.25) is 0 Å². The van der Waals surface area contributed by atoms with Crippen LogP contribution in [0.5, 0.6) is 17.2 Å². The lowest BCUT2D eigenvalue weighted by atomic mass is 10.1. The molecular formula is C22H24N2O6S. The first-order valence-electron chi connectivity index (χ1n) is 9.43. The van der Waals surface area contributed by atoms with E-state index < -0.39 is 5.97 Å². The summed E-state index contributed by atoms with van der Waals surface area (Å²) in [5, 5.41) is 0. The molecular weight excluding hydrogens is 420 g/mol. The van der Waals surface area contributed by atoms with Crippen LogP contribution in [0.2, 0.25) is 0 Å². The van der Waals surface area contributed by atoms with Crippen molar-refractivity contribution < 1.29 is 28.5 Å². The van der Waals surface area contributed by atoms with E-state index in [-0.39, 0.29) is 18.9 Å². The molecule has 0 bridgehead atoms. The second-order valence-electron chi connectivity index (χ2n) is 6.71. The summed E-state index contributed by atoms with van der Waals surface area (Å²) in [5.74, 6) is 1.05. The topological polar surface area (TPSA) is 88.4 Å². The molecule has 1 aromatic heterocycles. The van der Waals surface area contributed by atoms with E-state index in [2.05, 4.69) is 4.99 Å². The highest BCUT2D eigenvalue weighted by Gasteiger charge is 2.16. The molecule has 0 radical (unpaired) electrons. The molecule has 0 aliphatic rings. The van der Waals surface area contributed by atoms with Crippen LogP contribution in [0, 0.1) is 6.92 Å². The van der Waals surface area contributed by atoms with Gasteiger partial charge in [0, 0.05) is 12.1 Å². The number of nitrogens with zero attached hydrogens (tertiary/aromatic N) is 2. The second kappa shape index (κ2) is 9.65. The number of benzene rings is 2. The van der Waals surface area contributed by atoms with Crippen LogP contribution in [0.3, 0.4) is 0 Å². The minimum atomic E-state index is -0.450. The van der Waals surface area contributed by atoms with Crippen LogP contribution in [-0.2, 0) is 27.3 Å². The maximum Gasteiger partial charge on any atom is 0.325 e. The highest BCUT2D eigenvalue weighted by Crippen LogP contribution is 2.33. The summed E-state index contributed by atoms with van der Waals surface area (Å²) in [5.41, 5.74) is 2.46. The Labute approximate surface area is 183 Å². The van der Waals surface area contributed by atoms with Gasteiger partial charge < -0.3 is 23.5 Å². The molecule has 0 aliphatic heterocycles. The summed E-state index contributed by atoms with van der Waals surface area (Å²) in [7, 11) is 6.00. The molecule has 3 rings (SSSR count). The number of carbonyl (C=O) groups is 2.